The summed E-state index contributed by atoms with van der Waals surface area (Å²) in [5.41, 5.74) is 1.52. The minimum absolute atomic E-state index is 0. The highest BCUT2D eigenvalue weighted by Gasteiger charge is 2.43. The van der Waals surface area contributed by atoms with Gasteiger partial charge in [-0.05, 0) is 30.7 Å². The van der Waals surface area contributed by atoms with Crippen molar-refractivity contribution in [2.45, 2.75) is 25.3 Å². The van der Waals surface area contributed by atoms with Crippen molar-refractivity contribution in [2.24, 2.45) is 0 Å². The third-order valence-corrected chi connectivity index (χ3v) is 4.12. The Morgan fingerprint density at radius 1 is 1.46 bits per heavy atom. The first kappa shape index (κ1) is 20.8. The van der Waals surface area contributed by atoms with Crippen molar-refractivity contribution in [1.82, 2.24) is 10.2 Å². The van der Waals surface area contributed by atoms with E-state index in [1.165, 1.54) is 7.05 Å². The molecule has 0 saturated carbocycles. The molecule has 1 heterocycles. The lowest BCUT2D eigenvalue weighted by molar-refractivity contribution is -0.135. The number of carbonyl (C=O) groups excluding carboxylic acids is 2. The Morgan fingerprint density at radius 2 is 2.12 bits per heavy atom. The zero-order valence-corrected chi connectivity index (χ0v) is 15.6. The van der Waals surface area contributed by atoms with E-state index in [1.54, 1.807) is 12.1 Å². The Labute approximate surface area is 153 Å². The second-order valence-electron chi connectivity index (χ2n) is 5.70. The molecule has 0 spiro atoms. The van der Waals surface area contributed by atoms with Gasteiger partial charge in [0.15, 0.2) is 0 Å². The lowest BCUT2D eigenvalue weighted by Gasteiger charge is -2.21. The molecule has 134 valence electrons. The van der Waals surface area contributed by atoms with Gasteiger partial charge in [0, 0.05) is 23.6 Å². The Balaban J connectivity index is 0.00000288. The van der Waals surface area contributed by atoms with Crippen molar-refractivity contribution in [2.75, 3.05) is 25.5 Å². The summed E-state index contributed by atoms with van der Waals surface area (Å²) < 4.78 is 27.2. The van der Waals surface area contributed by atoms with Crippen molar-refractivity contribution >= 4 is 45.8 Å². The van der Waals surface area contributed by atoms with Crippen molar-refractivity contribution < 1.29 is 18.4 Å². The van der Waals surface area contributed by atoms with Crippen LogP contribution in [0.25, 0.3) is 0 Å². The number of aryl methyl sites for hydroxylation is 1. The number of nitrogens with one attached hydrogen (secondary N) is 2. The molecule has 24 heavy (non-hydrogen) atoms. The molecule has 1 unspecified atom stereocenters. The Hall–Kier alpha value is -1.25. The fraction of sp³-hybridized carbons (Fsp3) is 0.467. The van der Waals surface area contributed by atoms with E-state index in [2.05, 4.69) is 26.6 Å². The van der Waals surface area contributed by atoms with E-state index in [9.17, 15) is 18.4 Å². The number of anilines is 1. The fourth-order valence-electron chi connectivity index (χ4n) is 2.41. The normalized spacial score (nSPS) is 18.6. The first-order valence-corrected chi connectivity index (χ1v) is 7.89. The molecular formula is C15H19BrClF2N3O2. The number of carbonyl (C=O) groups is 2. The molecule has 1 aliphatic rings. The topological polar surface area (TPSA) is 61.4 Å². The molecule has 9 heteroatoms. The second kappa shape index (κ2) is 8.22. The predicted octanol–water partition coefficient (Wildman–Crippen LogP) is 2.57. The molecule has 1 fully saturated rings. The summed E-state index contributed by atoms with van der Waals surface area (Å²) in [6.07, 6.45) is -0.538. The molecule has 0 radical (unpaired) electrons. The molecular weight excluding hydrogens is 408 g/mol. The van der Waals surface area contributed by atoms with Gasteiger partial charge in [-0.1, -0.05) is 15.9 Å². The molecule has 5 nitrogen and oxygen atoms in total. The first-order valence-electron chi connectivity index (χ1n) is 7.10. The van der Waals surface area contributed by atoms with Crippen molar-refractivity contribution in [1.29, 1.82) is 0 Å². The Kier molecular flexibility index (Phi) is 7.12. The quantitative estimate of drug-likeness (QED) is 0.778. The van der Waals surface area contributed by atoms with Gasteiger partial charge in [-0.3, -0.25) is 14.9 Å². The van der Waals surface area contributed by atoms with Crippen LogP contribution in [0.5, 0.6) is 0 Å². The summed E-state index contributed by atoms with van der Waals surface area (Å²) in [6.45, 7) is 1.14. The van der Waals surface area contributed by atoms with Crippen LogP contribution < -0.4 is 10.6 Å². The van der Waals surface area contributed by atoms with E-state index < -0.39 is 30.8 Å². The molecule has 1 aliphatic heterocycles. The van der Waals surface area contributed by atoms with Crippen LogP contribution in [0.4, 0.5) is 14.5 Å². The molecule has 0 aliphatic carbocycles. The van der Waals surface area contributed by atoms with E-state index in [0.717, 1.165) is 14.9 Å². The van der Waals surface area contributed by atoms with Crippen LogP contribution in [0.1, 0.15) is 12.0 Å². The molecule has 1 atom stereocenters. The lowest BCUT2D eigenvalue weighted by Crippen LogP contribution is -2.44. The number of hydrogen-bond acceptors (Lipinski definition) is 3. The van der Waals surface area contributed by atoms with Gasteiger partial charge in [-0.15, -0.1) is 12.4 Å². The Morgan fingerprint density at radius 3 is 2.67 bits per heavy atom. The highest BCUT2D eigenvalue weighted by molar-refractivity contribution is 9.10. The van der Waals surface area contributed by atoms with Crippen LogP contribution >= 0.6 is 28.3 Å². The molecule has 2 amide bonds. The molecule has 2 rings (SSSR count). The molecule has 0 aromatic heterocycles. The maximum absolute atomic E-state index is 13.1. The average Bonchev–Trinajstić information content (AvgIpc) is 2.81. The zero-order chi connectivity index (χ0) is 17.2. The van der Waals surface area contributed by atoms with Crippen LogP contribution in [0.15, 0.2) is 22.7 Å². The molecule has 1 aromatic rings. The lowest BCUT2D eigenvalue weighted by atomic mass is 10.1. The Bertz CT molecular complexity index is 631. The SMILES string of the molecule is Cc1cc(Br)ccc1NC(=O)CN(C)C(=O)C1CC(F)(F)CN1.Cl. The number of rotatable bonds is 4. The van der Waals surface area contributed by atoms with E-state index in [0.29, 0.717) is 5.69 Å². The summed E-state index contributed by atoms with van der Waals surface area (Å²) in [4.78, 5) is 25.3. The van der Waals surface area contributed by atoms with Gasteiger partial charge in [0.25, 0.3) is 5.92 Å². The summed E-state index contributed by atoms with van der Waals surface area (Å²) in [5.74, 6) is -3.77. The number of halogens is 4. The minimum Gasteiger partial charge on any atom is -0.335 e. The molecule has 2 N–H and O–H groups in total. The van der Waals surface area contributed by atoms with E-state index in [4.69, 9.17) is 0 Å². The highest BCUT2D eigenvalue weighted by Crippen LogP contribution is 2.26. The first-order chi connectivity index (χ1) is 10.7. The number of amides is 2. The van der Waals surface area contributed by atoms with E-state index in [-0.39, 0.29) is 24.9 Å². The fourth-order valence-corrected chi connectivity index (χ4v) is 2.88. The van der Waals surface area contributed by atoms with Crippen LogP contribution in [0.2, 0.25) is 0 Å². The van der Waals surface area contributed by atoms with Gasteiger partial charge in [0.1, 0.15) is 0 Å². The van der Waals surface area contributed by atoms with Gasteiger partial charge in [-0.2, -0.15) is 0 Å². The van der Waals surface area contributed by atoms with E-state index in [1.807, 2.05) is 13.0 Å². The second-order valence-corrected chi connectivity index (χ2v) is 6.61. The standard InChI is InChI=1S/C15H18BrF2N3O2.ClH/c1-9-5-10(16)3-4-11(9)20-13(22)7-21(2)14(23)12-6-15(17,18)8-19-12;/h3-5,12,19H,6-8H2,1-2H3,(H,20,22);1H. The summed E-state index contributed by atoms with van der Waals surface area (Å²) in [6, 6.07) is 4.45. The number of alkyl halides is 2. The van der Waals surface area contributed by atoms with Crippen LogP contribution in [0.3, 0.4) is 0 Å². The van der Waals surface area contributed by atoms with Crippen LogP contribution in [-0.2, 0) is 9.59 Å². The third-order valence-electron chi connectivity index (χ3n) is 3.63. The monoisotopic (exact) mass is 425 g/mol. The smallest absolute Gasteiger partial charge is 0.262 e. The van der Waals surface area contributed by atoms with Crippen LogP contribution in [0, 0.1) is 6.92 Å². The maximum Gasteiger partial charge on any atom is 0.262 e. The number of hydrogen-bond donors (Lipinski definition) is 2. The van der Waals surface area contributed by atoms with Crippen LogP contribution in [-0.4, -0.2) is 48.8 Å². The van der Waals surface area contributed by atoms with Crippen molar-refractivity contribution in [3.63, 3.8) is 0 Å². The van der Waals surface area contributed by atoms with E-state index >= 15 is 0 Å². The summed E-state index contributed by atoms with van der Waals surface area (Å²) in [7, 11) is 1.43. The van der Waals surface area contributed by atoms with Gasteiger partial charge >= 0.3 is 0 Å². The average molecular weight is 427 g/mol. The zero-order valence-electron chi connectivity index (χ0n) is 13.2. The summed E-state index contributed by atoms with van der Waals surface area (Å²) in [5, 5.41) is 5.20. The molecule has 1 saturated heterocycles. The summed E-state index contributed by atoms with van der Waals surface area (Å²) >= 11 is 3.33. The predicted molar refractivity (Wildman–Crippen MR) is 93.7 cm³/mol. The largest absolute Gasteiger partial charge is 0.335 e. The van der Waals surface area contributed by atoms with Gasteiger partial charge in [0.05, 0.1) is 19.1 Å². The van der Waals surface area contributed by atoms with Gasteiger partial charge in [0.2, 0.25) is 11.8 Å². The van der Waals surface area contributed by atoms with Gasteiger partial charge in [-0.25, -0.2) is 8.78 Å². The number of likely N-dealkylation sites (N-methyl/N-ethyl adjacent to an activating group) is 1. The van der Waals surface area contributed by atoms with Crippen molar-refractivity contribution in [3.05, 3.63) is 28.2 Å². The minimum atomic E-state index is -2.88. The maximum atomic E-state index is 13.1. The highest BCUT2D eigenvalue weighted by atomic mass is 79.9. The number of nitrogens with zero attached hydrogens (tertiary/aromatic N) is 1. The van der Waals surface area contributed by atoms with Gasteiger partial charge < -0.3 is 10.2 Å². The third kappa shape index (κ3) is 5.39. The van der Waals surface area contributed by atoms with Crippen molar-refractivity contribution in [3.8, 4) is 0 Å². The number of benzene rings is 1. The molecule has 0 bridgehead atoms. The molecule has 1 aromatic carbocycles.